The van der Waals surface area contributed by atoms with Gasteiger partial charge in [-0.2, -0.15) is 8.90 Å². The Hall–Kier alpha value is -2.71. The second kappa shape index (κ2) is 10.6. The number of quaternary nitrogens is 1. The lowest BCUT2D eigenvalue weighted by atomic mass is 10.2. The molecule has 0 aliphatic carbocycles. The summed E-state index contributed by atoms with van der Waals surface area (Å²) in [6.45, 7) is 9.15. The Bertz CT molecular complexity index is 1450. The Morgan fingerprint density at radius 3 is 2.51 bits per heavy atom. The number of piperazine rings is 1. The van der Waals surface area contributed by atoms with E-state index in [2.05, 4.69) is 26.9 Å². The lowest BCUT2D eigenvalue weighted by Gasteiger charge is -2.33. The number of hydrogen-bond acceptors (Lipinski definition) is 9. The number of sulfonamides is 1. The topological polar surface area (TPSA) is 130 Å². The number of pyridine rings is 1. The van der Waals surface area contributed by atoms with Crippen LogP contribution in [-0.2, 0) is 14.8 Å². The molecule has 0 saturated carbocycles. The fourth-order valence-electron chi connectivity index (χ4n) is 4.74. The predicted molar refractivity (Wildman–Crippen MR) is 138 cm³/mol. The maximum absolute atomic E-state index is 13.5. The minimum absolute atomic E-state index is 0.0165. The van der Waals surface area contributed by atoms with Crippen LogP contribution in [0.4, 0.5) is 0 Å². The van der Waals surface area contributed by atoms with Gasteiger partial charge in [-0.05, 0) is 19.5 Å². The Morgan fingerprint density at radius 1 is 1.19 bits per heavy atom. The third kappa shape index (κ3) is 5.32. The van der Waals surface area contributed by atoms with Crippen LogP contribution in [0, 0.1) is 0 Å². The van der Waals surface area contributed by atoms with Crippen molar-refractivity contribution in [3.63, 3.8) is 0 Å². The molecule has 1 N–H and O–H groups in total. The zero-order valence-corrected chi connectivity index (χ0v) is 23.1. The summed E-state index contributed by atoms with van der Waals surface area (Å²) in [7, 11) is 1.51. The van der Waals surface area contributed by atoms with Gasteiger partial charge < -0.3 is 19.4 Å². The number of likely N-dealkylation sites (N-methyl/N-ethyl adjacent to an activating group) is 1. The Kier molecular flexibility index (Phi) is 7.81. The molecule has 202 valence electrons. The molecule has 0 spiro atoms. The lowest BCUT2D eigenvalue weighted by Crippen LogP contribution is -2.48. The van der Waals surface area contributed by atoms with Crippen molar-refractivity contribution in [2.24, 2.45) is 5.10 Å². The van der Waals surface area contributed by atoms with Gasteiger partial charge in [-0.25, -0.2) is 18.4 Å². The van der Waals surface area contributed by atoms with Gasteiger partial charge in [0.15, 0.2) is 11.0 Å². The van der Waals surface area contributed by atoms with Crippen molar-refractivity contribution in [1.82, 2.24) is 24.2 Å². The van der Waals surface area contributed by atoms with E-state index in [1.54, 1.807) is 7.11 Å². The maximum Gasteiger partial charge on any atom is 0.283 e. The molecule has 37 heavy (non-hydrogen) atoms. The van der Waals surface area contributed by atoms with Crippen molar-refractivity contribution in [3.8, 4) is 17.3 Å². The largest absolute Gasteiger partial charge is 0.472 e. The summed E-state index contributed by atoms with van der Waals surface area (Å²) >= 11 is 0. The highest BCUT2D eigenvalue weighted by Crippen LogP contribution is 2.30. The summed E-state index contributed by atoms with van der Waals surface area (Å²) in [5.41, 5.74) is 0.751. The molecular weight excluding hydrogens is 498 g/mol. The number of aromatic amines is 1. The zero-order valence-electron chi connectivity index (χ0n) is 22.3. The summed E-state index contributed by atoms with van der Waals surface area (Å²) in [5, 5.41) is 5.27. The van der Waals surface area contributed by atoms with E-state index in [1.807, 2.05) is 27.9 Å². The van der Waals surface area contributed by atoms with Crippen LogP contribution >= 0.6 is 0 Å². The molecule has 0 amide bonds. The molecule has 1 saturated heterocycles. The van der Waals surface area contributed by atoms with E-state index in [0.29, 0.717) is 44.6 Å². The molecule has 4 rings (SSSR count). The Balaban J connectivity index is 1.85. The summed E-state index contributed by atoms with van der Waals surface area (Å²) < 4.78 is 39.9. The minimum atomic E-state index is -3.82. The fraction of sp³-hybridized carbons (Fsp3) is 0.583. The third-order valence-electron chi connectivity index (χ3n) is 6.73. The zero-order chi connectivity index (χ0) is 27.0. The normalized spacial score (nSPS) is 18.9. The van der Waals surface area contributed by atoms with Gasteiger partial charge in [0.25, 0.3) is 5.56 Å². The van der Waals surface area contributed by atoms with Gasteiger partial charge in [0.2, 0.25) is 21.3 Å². The minimum Gasteiger partial charge on any atom is -0.472 e. The summed E-state index contributed by atoms with van der Waals surface area (Å²) in [4.78, 5) is 27.2. The van der Waals surface area contributed by atoms with Gasteiger partial charge >= 0.3 is 0 Å². The Labute approximate surface area is 216 Å². The van der Waals surface area contributed by atoms with Crippen LogP contribution in [-0.4, -0.2) is 104 Å². The van der Waals surface area contributed by atoms with E-state index in [0.717, 1.165) is 12.2 Å². The monoisotopic (exact) mass is 534 g/mol. The average molecular weight is 535 g/mol. The molecule has 4 heterocycles. The Morgan fingerprint density at radius 2 is 1.89 bits per heavy atom. The van der Waals surface area contributed by atoms with Gasteiger partial charge in [0.1, 0.15) is 16.8 Å². The first-order valence-corrected chi connectivity index (χ1v) is 13.9. The summed E-state index contributed by atoms with van der Waals surface area (Å²) in [6, 6.07) is 1.48. The van der Waals surface area contributed by atoms with Crippen molar-refractivity contribution in [1.29, 1.82) is 0 Å². The first kappa shape index (κ1) is 27.3. The molecule has 0 radical (unpaired) electrons. The second-order valence-electron chi connectivity index (χ2n) is 9.65. The smallest absolute Gasteiger partial charge is 0.283 e. The number of aromatic nitrogens is 3. The van der Waals surface area contributed by atoms with Gasteiger partial charge in [0.05, 0.1) is 32.5 Å². The average Bonchev–Trinajstić information content (AvgIpc) is 3.13. The number of ether oxygens (including phenoxy) is 2. The molecule has 2 aromatic rings. The fourth-order valence-corrected chi connectivity index (χ4v) is 6.14. The molecule has 12 nitrogen and oxygen atoms in total. The molecule has 1 fully saturated rings. The van der Waals surface area contributed by atoms with E-state index in [-0.39, 0.29) is 38.2 Å². The number of H-pyrrole nitrogens is 1. The molecule has 2 aromatic heterocycles. The van der Waals surface area contributed by atoms with Crippen LogP contribution in [0.5, 0.6) is 5.88 Å². The van der Waals surface area contributed by atoms with E-state index >= 15 is 0 Å². The SMILES string of the molecule is CCC1=c2nc(-c3cc(S(=O)(=O)N4CCN(CC)CC4)cnc3O[C@H](C)COC)[nH]c(=O)c2=N[N+]1(C)C. The van der Waals surface area contributed by atoms with Crippen LogP contribution in [0.1, 0.15) is 27.2 Å². The van der Waals surface area contributed by atoms with Gasteiger partial charge in [-0.1, -0.05) is 18.9 Å². The quantitative estimate of drug-likeness (QED) is 0.435. The predicted octanol–water partition coefficient (Wildman–Crippen LogP) is -0.285. The van der Waals surface area contributed by atoms with Gasteiger partial charge in [-0.15, -0.1) is 0 Å². The van der Waals surface area contributed by atoms with Crippen LogP contribution in [0.15, 0.2) is 27.1 Å². The van der Waals surface area contributed by atoms with Crippen molar-refractivity contribution < 1.29 is 22.5 Å². The van der Waals surface area contributed by atoms with Gasteiger partial charge in [-0.3, -0.25) is 4.79 Å². The summed E-state index contributed by atoms with van der Waals surface area (Å²) in [5.74, 6) is 0.330. The van der Waals surface area contributed by atoms with Crippen LogP contribution in [0.2, 0.25) is 0 Å². The van der Waals surface area contributed by atoms with Crippen molar-refractivity contribution >= 4 is 15.7 Å². The van der Waals surface area contributed by atoms with Gasteiger partial charge in [0, 0.05) is 39.7 Å². The summed E-state index contributed by atoms with van der Waals surface area (Å²) in [6.07, 6.45) is 1.57. The van der Waals surface area contributed by atoms with E-state index in [4.69, 9.17) is 14.5 Å². The molecule has 0 aromatic carbocycles. The first-order valence-electron chi connectivity index (χ1n) is 12.5. The molecule has 1 atom stereocenters. The van der Waals surface area contributed by atoms with Crippen LogP contribution in [0.25, 0.3) is 17.1 Å². The van der Waals surface area contributed by atoms with Crippen LogP contribution < -0.4 is 21.0 Å². The number of nitrogens with zero attached hydrogens (tertiary/aromatic N) is 6. The molecular formula is C24H36N7O5S+. The highest BCUT2D eigenvalue weighted by atomic mass is 32.2. The van der Waals surface area contributed by atoms with Crippen LogP contribution in [0.3, 0.4) is 0 Å². The number of methoxy groups -OCH3 is 1. The second-order valence-corrected chi connectivity index (χ2v) is 11.6. The highest BCUT2D eigenvalue weighted by molar-refractivity contribution is 7.89. The molecule has 13 heteroatoms. The van der Waals surface area contributed by atoms with Crippen molar-refractivity contribution in [3.05, 3.63) is 33.3 Å². The number of fused-ring (bicyclic) bond motifs is 1. The first-order chi connectivity index (χ1) is 17.5. The third-order valence-corrected chi connectivity index (χ3v) is 8.59. The van der Waals surface area contributed by atoms with Crippen molar-refractivity contribution in [2.75, 3.05) is 60.5 Å². The molecule has 0 unspecified atom stereocenters. The maximum atomic E-state index is 13.5. The van der Waals surface area contributed by atoms with E-state index in [1.165, 1.54) is 16.6 Å². The molecule has 2 aliphatic rings. The number of rotatable bonds is 9. The highest BCUT2D eigenvalue weighted by Gasteiger charge is 2.32. The number of nitrogens with one attached hydrogen (secondary N) is 1. The van der Waals surface area contributed by atoms with E-state index in [9.17, 15) is 13.2 Å². The standard InChI is InChI=1S/C24H35N7O5S/c1-7-19-20-21(28-31(19,4)5)23(32)27-22(26-20)18-13-17(14-25-24(18)36-16(3)15-35-6)37(33,34)30-11-9-29(8-2)10-12-30/h13-14,16H,7-12,15H2,1-6H3/p+1/t16-/m1/s1. The molecule has 0 bridgehead atoms. The molecule has 2 aliphatic heterocycles. The lowest BCUT2D eigenvalue weighted by molar-refractivity contribution is -0.828. The van der Waals surface area contributed by atoms with E-state index < -0.39 is 15.6 Å². The van der Waals surface area contributed by atoms with Crippen molar-refractivity contribution in [2.45, 2.75) is 38.2 Å². The number of hydrogen-bond donors (Lipinski definition) is 1.